The predicted octanol–water partition coefficient (Wildman–Crippen LogP) is 3.04. The molecule has 36 heavy (non-hydrogen) atoms. The molecule has 1 N–H and O–H groups in total. The van der Waals surface area contributed by atoms with Crippen molar-refractivity contribution in [3.05, 3.63) is 60.2 Å². The van der Waals surface area contributed by atoms with Crippen LogP contribution in [0.15, 0.2) is 48.9 Å². The highest BCUT2D eigenvalue weighted by Crippen LogP contribution is 2.26. The lowest BCUT2D eigenvalue weighted by Crippen LogP contribution is -2.56. The Labute approximate surface area is 215 Å². The van der Waals surface area contributed by atoms with E-state index in [1.54, 1.807) is 11.1 Å². The number of ether oxygens (including phenoxy) is 1. The lowest BCUT2D eigenvalue weighted by Gasteiger charge is -2.41. The summed E-state index contributed by atoms with van der Waals surface area (Å²) in [6.45, 7) is 6.83. The Hall–Kier alpha value is -2.39. The van der Waals surface area contributed by atoms with Gasteiger partial charge in [-0.05, 0) is 69.3 Å². The third kappa shape index (κ3) is 6.68. The standard InChI is InChI=1S/C28H40N6O2/c1-32-27(35)19-26(25-7-13-29-21-30-25)31-28(32)36-24-11-17-33(18-12-24)14-8-22-9-15-34(16-10-22)20-23-5-3-2-4-6-23/h2-7,13,21-22,24,26,28,31H,8-12,14-20H2,1H3. The van der Waals surface area contributed by atoms with Gasteiger partial charge in [-0.2, -0.15) is 0 Å². The molecule has 5 rings (SSSR count). The SMILES string of the molecule is CN1C(=O)CC(c2ccncn2)NC1OC1CCN(CCC2CCN(Cc3ccccc3)CC2)CC1. The molecule has 3 fully saturated rings. The number of likely N-dealkylation sites (tertiary alicyclic amines) is 2. The van der Waals surface area contributed by atoms with Gasteiger partial charge < -0.3 is 14.5 Å². The zero-order chi connectivity index (χ0) is 24.7. The molecule has 194 valence electrons. The molecule has 0 aliphatic carbocycles. The van der Waals surface area contributed by atoms with Crippen molar-refractivity contribution >= 4 is 5.91 Å². The maximum atomic E-state index is 12.6. The van der Waals surface area contributed by atoms with Crippen molar-refractivity contribution in [1.29, 1.82) is 0 Å². The highest BCUT2D eigenvalue weighted by atomic mass is 16.5. The zero-order valence-electron chi connectivity index (χ0n) is 21.5. The van der Waals surface area contributed by atoms with Crippen molar-refractivity contribution in [2.24, 2.45) is 5.92 Å². The summed E-state index contributed by atoms with van der Waals surface area (Å²) in [4.78, 5) is 27.8. The van der Waals surface area contributed by atoms with E-state index < -0.39 is 6.35 Å². The minimum Gasteiger partial charge on any atom is -0.342 e. The number of benzene rings is 1. The van der Waals surface area contributed by atoms with Crippen molar-refractivity contribution < 1.29 is 9.53 Å². The molecule has 1 aromatic heterocycles. The second-order valence-corrected chi connectivity index (χ2v) is 10.6. The van der Waals surface area contributed by atoms with E-state index in [1.165, 1.54) is 50.8 Å². The van der Waals surface area contributed by atoms with Crippen molar-refractivity contribution in [2.75, 3.05) is 39.8 Å². The number of carbonyl (C=O) groups is 1. The number of rotatable bonds is 8. The average Bonchev–Trinajstić information content (AvgIpc) is 2.92. The number of hydrogen-bond acceptors (Lipinski definition) is 7. The molecular weight excluding hydrogens is 452 g/mol. The minimum absolute atomic E-state index is 0.0783. The second-order valence-electron chi connectivity index (χ2n) is 10.6. The monoisotopic (exact) mass is 492 g/mol. The molecule has 2 unspecified atom stereocenters. The molecule has 8 heteroatoms. The van der Waals surface area contributed by atoms with Gasteiger partial charge in [0, 0.05) is 39.3 Å². The van der Waals surface area contributed by atoms with Gasteiger partial charge in [0.25, 0.3) is 0 Å². The first-order chi connectivity index (χ1) is 17.6. The Morgan fingerprint density at radius 3 is 2.47 bits per heavy atom. The van der Waals surface area contributed by atoms with E-state index in [4.69, 9.17) is 4.74 Å². The quantitative estimate of drug-likeness (QED) is 0.607. The number of nitrogens with one attached hydrogen (secondary N) is 1. The maximum absolute atomic E-state index is 12.6. The number of nitrogens with zero attached hydrogens (tertiary/aromatic N) is 5. The molecule has 1 amide bonds. The zero-order valence-corrected chi connectivity index (χ0v) is 21.5. The van der Waals surface area contributed by atoms with Crippen LogP contribution in [0, 0.1) is 5.92 Å². The lowest BCUT2D eigenvalue weighted by atomic mass is 9.92. The summed E-state index contributed by atoms with van der Waals surface area (Å²) < 4.78 is 6.39. The molecule has 0 radical (unpaired) electrons. The highest BCUT2D eigenvalue weighted by Gasteiger charge is 2.35. The summed E-state index contributed by atoms with van der Waals surface area (Å²) in [5.41, 5.74) is 2.25. The molecule has 3 saturated heterocycles. The van der Waals surface area contributed by atoms with Crippen LogP contribution in [-0.4, -0.2) is 82.8 Å². The maximum Gasteiger partial charge on any atom is 0.227 e. The molecule has 2 atom stereocenters. The summed E-state index contributed by atoms with van der Waals surface area (Å²) in [5, 5.41) is 3.47. The number of hydrogen-bond donors (Lipinski definition) is 1. The van der Waals surface area contributed by atoms with Gasteiger partial charge in [0.1, 0.15) is 6.33 Å². The first-order valence-corrected chi connectivity index (χ1v) is 13.6. The van der Waals surface area contributed by atoms with Crippen molar-refractivity contribution in [3.8, 4) is 0 Å². The number of aromatic nitrogens is 2. The summed E-state index contributed by atoms with van der Waals surface area (Å²) in [7, 11) is 1.82. The predicted molar refractivity (Wildman–Crippen MR) is 139 cm³/mol. The fraction of sp³-hybridized carbons (Fsp3) is 0.607. The van der Waals surface area contributed by atoms with Gasteiger partial charge in [-0.15, -0.1) is 0 Å². The van der Waals surface area contributed by atoms with E-state index in [-0.39, 0.29) is 18.1 Å². The highest BCUT2D eigenvalue weighted by molar-refractivity contribution is 5.77. The van der Waals surface area contributed by atoms with Gasteiger partial charge in [0.15, 0.2) is 6.35 Å². The summed E-state index contributed by atoms with van der Waals surface area (Å²) in [5.74, 6) is 0.922. The van der Waals surface area contributed by atoms with Gasteiger partial charge in [-0.3, -0.25) is 15.0 Å². The fourth-order valence-corrected chi connectivity index (χ4v) is 5.71. The van der Waals surface area contributed by atoms with Crippen LogP contribution in [0.3, 0.4) is 0 Å². The van der Waals surface area contributed by atoms with Crippen LogP contribution in [0.25, 0.3) is 0 Å². The Morgan fingerprint density at radius 1 is 1.00 bits per heavy atom. The van der Waals surface area contributed by atoms with Crippen molar-refractivity contribution in [3.63, 3.8) is 0 Å². The Balaban J connectivity index is 1.01. The first kappa shape index (κ1) is 25.3. The molecule has 3 aliphatic heterocycles. The lowest BCUT2D eigenvalue weighted by molar-refractivity contribution is -0.169. The van der Waals surface area contributed by atoms with E-state index in [0.717, 1.165) is 44.1 Å². The molecule has 0 spiro atoms. The second kappa shape index (κ2) is 12.2. The molecule has 3 aliphatic rings. The van der Waals surface area contributed by atoms with Crippen molar-refractivity contribution in [1.82, 2.24) is 30.0 Å². The average molecular weight is 493 g/mol. The Bertz CT molecular complexity index is 945. The largest absolute Gasteiger partial charge is 0.342 e. The van der Waals surface area contributed by atoms with Gasteiger partial charge >= 0.3 is 0 Å². The number of amides is 1. The number of piperidine rings is 2. The Kier molecular flexibility index (Phi) is 8.59. The van der Waals surface area contributed by atoms with Gasteiger partial charge in [0.05, 0.1) is 17.8 Å². The smallest absolute Gasteiger partial charge is 0.227 e. The number of carbonyl (C=O) groups excluding carboxylic acids is 1. The summed E-state index contributed by atoms with van der Waals surface area (Å²) in [6.07, 6.45) is 9.32. The molecular formula is C28H40N6O2. The summed E-state index contributed by atoms with van der Waals surface area (Å²) in [6, 6.07) is 12.5. The molecule has 8 nitrogen and oxygen atoms in total. The molecule has 0 bridgehead atoms. The van der Waals surface area contributed by atoms with Gasteiger partial charge in [-0.25, -0.2) is 9.97 Å². The minimum atomic E-state index is -0.413. The van der Waals surface area contributed by atoms with E-state index >= 15 is 0 Å². The van der Waals surface area contributed by atoms with Gasteiger partial charge in [-0.1, -0.05) is 30.3 Å². The molecule has 4 heterocycles. The van der Waals surface area contributed by atoms with Crippen LogP contribution in [0.1, 0.15) is 55.8 Å². The van der Waals surface area contributed by atoms with Crippen LogP contribution in [0.4, 0.5) is 0 Å². The third-order valence-electron chi connectivity index (χ3n) is 8.10. The van der Waals surface area contributed by atoms with E-state index in [1.807, 2.05) is 13.1 Å². The molecule has 0 saturated carbocycles. The first-order valence-electron chi connectivity index (χ1n) is 13.6. The van der Waals surface area contributed by atoms with Crippen LogP contribution in [0.5, 0.6) is 0 Å². The summed E-state index contributed by atoms with van der Waals surface area (Å²) >= 11 is 0. The van der Waals surface area contributed by atoms with E-state index in [0.29, 0.717) is 6.42 Å². The van der Waals surface area contributed by atoms with Gasteiger partial charge in [0.2, 0.25) is 5.91 Å². The van der Waals surface area contributed by atoms with E-state index in [9.17, 15) is 4.79 Å². The van der Waals surface area contributed by atoms with E-state index in [2.05, 4.69) is 55.4 Å². The molecule has 1 aromatic carbocycles. The molecule has 2 aromatic rings. The normalized spacial score (nSPS) is 25.4. The van der Waals surface area contributed by atoms with Crippen molar-refractivity contribution in [2.45, 2.75) is 63.6 Å². The van der Waals surface area contributed by atoms with Crippen LogP contribution in [-0.2, 0) is 16.1 Å². The van der Waals surface area contributed by atoms with Crippen LogP contribution in [0.2, 0.25) is 0 Å². The van der Waals surface area contributed by atoms with Crippen LogP contribution >= 0.6 is 0 Å². The third-order valence-corrected chi connectivity index (χ3v) is 8.10. The fourth-order valence-electron chi connectivity index (χ4n) is 5.71. The Morgan fingerprint density at radius 2 is 1.75 bits per heavy atom. The van der Waals surface area contributed by atoms with Crippen LogP contribution < -0.4 is 5.32 Å². The topological polar surface area (TPSA) is 73.8 Å².